The molecule has 1 fully saturated rings. The van der Waals surface area contributed by atoms with E-state index in [1.165, 1.54) is 0 Å². The molecule has 1 N–H and O–H groups in total. The predicted molar refractivity (Wildman–Crippen MR) is 141 cm³/mol. The molecule has 0 radical (unpaired) electrons. The fourth-order valence-corrected chi connectivity index (χ4v) is 5.00. The van der Waals surface area contributed by atoms with Gasteiger partial charge in [0.1, 0.15) is 11.8 Å². The number of pyridine rings is 1. The van der Waals surface area contributed by atoms with Gasteiger partial charge < -0.3 is 14.6 Å². The van der Waals surface area contributed by atoms with Crippen LogP contribution in [0.15, 0.2) is 53.3 Å². The summed E-state index contributed by atoms with van der Waals surface area (Å²) >= 11 is 0. The van der Waals surface area contributed by atoms with Gasteiger partial charge in [0.05, 0.1) is 18.3 Å². The summed E-state index contributed by atoms with van der Waals surface area (Å²) < 4.78 is 7.43. The Balaban J connectivity index is 1.56. The summed E-state index contributed by atoms with van der Waals surface area (Å²) in [7, 11) is 1.70. The standard InChI is InChI=1S/C27H33N7O2/c1-18-10-11-21-19(16-18)17-20(26(35)28-21)24(25-29-30-31-34(25)27(2,3)4)33-14-12-32(13-15-33)22-8-6-7-9-23(22)36-5/h6-11,16-17,24H,12-15H2,1-5H3,(H,28,35). The molecule has 0 saturated carbocycles. The highest BCUT2D eigenvalue weighted by Gasteiger charge is 2.35. The molecule has 2 aromatic heterocycles. The second kappa shape index (κ2) is 9.39. The number of rotatable bonds is 5. The second-order valence-corrected chi connectivity index (χ2v) is 10.4. The zero-order chi connectivity index (χ0) is 25.4. The van der Waals surface area contributed by atoms with Crippen molar-refractivity contribution in [2.75, 3.05) is 38.2 Å². The van der Waals surface area contributed by atoms with E-state index >= 15 is 0 Å². The van der Waals surface area contributed by atoms with Gasteiger partial charge >= 0.3 is 0 Å². The second-order valence-electron chi connectivity index (χ2n) is 10.4. The van der Waals surface area contributed by atoms with Gasteiger partial charge in [-0.2, -0.15) is 0 Å². The fraction of sp³-hybridized carbons (Fsp3) is 0.407. The van der Waals surface area contributed by atoms with Gasteiger partial charge in [-0.3, -0.25) is 9.69 Å². The molecular formula is C27H33N7O2. The number of aromatic nitrogens is 5. The number of ether oxygens (including phenoxy) is 1. The predicted octanol–water partition coefficient (Wildman–Crippen LogP) is 3.50. The average Bonchev–Trinajstić information content (AvgIpc) is 3.35. The van der Waals surface area contributed by atoms with Crippen molar-refractivity contribution in [1.29, 1.82) is 0 Å². The van der Waals surface area contributed by atoms with Gasteiger partial charge in [0.25, 0.3) is 5.56 Å². The van der Waals surface area contributed by atoms with E-state index in [9.17, 15) is 4.79 Å². The summed E-state index contributed by atoms with van der Waals surface area (Å²) in [6.07, 6.45) is 0. The van der Waals surface area contributed by atoms with E-state index in [0.29, 0.717) is 11.4 Å². The first-order valence-corrected chi connectivity index (χ1v) is 12.3. The van der Waals surface area contributed by atoms with Crippen LogP contribution in [0, 0.1) is 6.92 Å². The number of fused-ring (bicyclic) bond motifs is 1. The summed E-state index contributed by atoms with van der Waals surface area (Å²) in [5.41, 5.74) is 3.24. The van der Waals surface area contributed by atoms with E-state index in [2.05, 4.69) is 70.1 Å². The first-order valence-electron chi connectivity index (χ1n) is 12.3. The molecule has 9 nitrogen and oxygen atoms in total. The maximum atomic E-state index is 13.4. The number of nitrogens with one attached hydrogen (secondary N) is 1. The van der Waals surface area contributed by atoms with Crippen LogP contribution in [0.4, 0.5) is 5.69 Å². The number of tetrazole rings is 1. The van der Waals surface area contributed by atoms with Crippen molar-refractivity contribution in [1.82, 2.24) is 30.1 Å². The molecule has 0 amide bonds. The maximum Gasteiger partial charge on any atom is 0.253 e. The number of para-hydroxylation sites is 2. The Bertz CT molecular complexity index is 1430. The van der Waals surface area contributed by atoms with Crippen LogP contribution >= 0.6 is 0 Å². The minimum atomic E-state index is -0.382. The molecule has 0 spiro atoms. The van der Waals surface area contributed by atoms with Crippen molar-refractivity contribution in [3.8, 4) is 5.75 Å². The number of anilines is 1. The molecule has 1 atom stereocenters. The van der Waals surface area contributed by atoms with Crippen LogP contribution in [-0.2, 0) is 5.54 Å². The van der Waals surface area contributed by atoms with Crippen LogP contribution in [0.2, 0.25) is 0 Å². The van der Waals surface area contributed by atoms with Crippen molar-refractivity contribution in [3.05, 3.63) is 75.8 Å². The average molecular weight is 488 g/mol. The fourth-order valence-electron chi connectivity index (χ4n) is 5.00. The molecule has 1 aliphatic rings. The molecule has 1 aliphatic heterocycles. The summed E-state index contributed by atoms with van der Waals surface area (Å²) in [5.74, 6) is 1.53. The molecule has 188 valence electrons. The molecule has 0 bridgehead atoms. The highest BCUT2D eigenvalue weighted by molar-refractivity contribution is 5.79. The lowest BCUT2D eigenvalue weighted by atomic mass is 10.0. The quantitative estimate of drug-likeness (QED) is 0.461. The van der Waals surface area contributed by atoms with Crippen molar-refractivity contribution in [2.24, 2.45) is 0 Å². The zero-order valence-corrected chi connectivity index (χ0v) is 21.5. The van der Waals surface area contributed by atoms with Gasteiger partial charge in [0.15, 0.2) is 5.82 Å². The van der Waals surface area contributed by atoms with Gasteiger partial charge in [-0.05, 0) is 73.8 Å². The van der Waals surface area contributed by atoms with E-state index in [0.717, 1.165) is 54.1 Å². The van der Waals surface area contributed by atoms with E-state index < -0.39 is 0 Å². The topological polar surface area (TPSA) is 92.2 Å². The number of methoxy groups -OCH3 is 1. The molecule has 1 unspecified atom stereocenters. The van der Waals surface area contributed by atoms with Crippen LogP contribution < -0.4 is 15.2 Å². The monoisotopic (exact) mass is 487 g/mol. The Morgan fingerprint density at radius 1 is 1.03 bits per heavy atom. The Morgan fingerprint density at radius 3 is 2.50 bits per heavy atom. The number of H-pyrrole nitrogens is 1. The Hall–Kier alpha value is -3.72. The Morgan fingerprint density at radius 2 is 1.78 bits per heavy atom. The smallest absolute Gasteiger partial charge is 0.253 e. The van der Waals surface area contributed by atoms with Crippen LogP contribution in [0.25, 0.3) is 10.9 Å². The van der Waals surface area contributed by atoms with Gasteiger partial charge in [0.2, 0.25) is 0 Å². The molecule has 1 saturated heterocycles. The molecule has 5 rings (SSSR count). The van der Waals surface area contributed by atoms with Crippen LogP contribution in [0.1, 0.15) is 43.8 Å². The summed E-state index contributed by atoms with van der Waals surface area (Å²) in [6, 6.07) is 15.8. The lowest BCUT2D eigenvalue weighted by molar-refractivity contribution is 0.190. The Kier molecular flexibility index (Phi) is 6.26. The lowest BCUT2D eigenvalue weighted by Crippen LogP contribution is -2.49. The van der Waals surface area contributed by atoms with Crippen molar-refractivity contribution in [2.45, 2.75) is 39.3 Å². The van der Waals surface area contributed by atoms with Crippen molar-refractivity contribution in [3.63, 3.8) is 0 Å². The van der Waals surface area contributed by atoms with Crippen molar-refractivity contribution < 1.29 is 4.74 Å². The first-order chi connectivity index (χ1) is 17.3. The van der Waals surface area contributed by atoms with E-state index in [-0.39, 0.29) is 17.1 Å². The van der Waals surface area contributed by atoms with Crippen LogP contribution in [-0.4, -0.2) is 63.4 Å². The number of nitrogens with zero attached hydrogens (tertiary/aromatic N) is 6. The highest BCUT2D eigenvalue weighted by Crippen LogP contribution is 2.33. The third-order valence-electron chi connectivity index (χ3n) is 6.80. The summed E-state index contributed by atoms with van der Waals surface area (Å²) in [4.78, 5) is 21.2. The summed E-state index contributed by atoms with van der Waals surface area (Å²) in [6.45, 7) is 11.3. The lowest BCUT2D eigenvalue weighted by Gasteiger charge is -2.40. The van der Waals surface area contributed by atoms with Gasteiger partial charge in [0, 0.05) is 37.3 Å². The molecule has 3 heterocycles. The van der Waals surface area contributed by atoms with Gasteiger partial charge in [-0.25, -0.2) is 4.68 Å². The Labute approximate surface area is 210 Å². The molecule has 36 heavy (non-hydrogen) atoms. The van der Waals surface area contributed by atoms with Crippen LogP contribution in [0.5, 0.6) is 5.75 Å². The SMILES string of the molecule is COc1ccccc1N1CCN(C(c2cc3cc(C)ccc3[nH]c2=O)c2nnnn2C(C)(C)C)CC1. The van der Waals surface area contributed by atoms with Gasteiger partial charge in [-0.1, -0.05) is 23.8 Å². The third-order valence-corrected chi connectivity index (χ3v) is 6.80. The number of hydrogen-bond donors (Lipinski definition) is 1. The number of benzene rings is 2. The number of aryl methyl sites for hydroxylation is 1. The largest absolute Gasteiger partial charge is 0.495 e. The van der Waals surface area contributed by atoms with E-state index in [1.807, 2.05) is 41.1 Å². The minimum Gasteiger partial charge on any atom is -0.495 e. The van der Waals surface area contributed by atoms with E-state index in [1.54, 1.807) is 7.11 Å². The molecule has 0 aliphatic carbocycles. The zero-order valence-electron chi connectivity index (χ0n) is 21.5. The van der Waals surface area contributed by atoms with Gasteiger partial charge in [-0.15, -0.1) is 5.10 Å². The summed E-state index contributed by atoms with van der Waals surface area (Å²) in [5, 5.41) is 13.8. The van der Waals surface area contributed by atoms with Crippen molar-refractivity contribution >= 4 is 16.6 Å². The maximum absolute atomic E-state index is 13.4. The first kappa shape index (κ1) is 24.0. The number of hydrogen-bond acceptors (Lipinski definition) is 7. The molecular weight excluding hydrogens is 454 g/mol. The number of aromatic amines is 1. The molecule has 4 aromatic rings. The third kappa shape index (κ3) is 4.46. The molecule has 9 heteroatoms. The normalized spacial score (nSPS) is 15.9. The van der Waals surface area contributed by atoms with E-state index in [4.69, 9.17) is 4.74 Å². The number of piperazine rings is 1. The molecule has 2 aromatic carbocycles. The van der Waals surface area contributed by atoms with Crippen LogP contribution in [0.3, 0.4) is 0 Å². The minimum absolute atomic E-state index is 0.119. The highest BCUT2D eigenvalue weighted by atomic mass is 16.5.